The van der Waals surface area contributed by atoms with Gasteiger partial charge in [-0.15, -0.1) is 0 Å². The van der Waals surface area contributed by atoms with Crippen molar-refractivity contribution in [2.45, 2.75) is 52.2 Å². The molecule has 1 heterocycles. The van der Waals surface area contributed by atoms with E-state index in [1.165, 1.54) is 0 Å². The van der Waals surface area contributed by atoms with Crippen LogP contribution in [-0.4, -0.2) is 24.2 Å². The van der Waals surface area contributed by atoms with Gasteiger partial charge in [-0.2, -0.15) is 0 Å². The van der Waals surface area contributed by atoms with Gasteiger partial charge in [0.1, 0.15) is 5.54 Å². The highest BCUT2D eigenvalue weighted by molar-refractivity contribution is 5.81. The van der Waals surface area contributed by atoms with Gasteiger partial charge in [0.2, 0.25) is 0 Å². The van der Waals surface area contributed by atoms with Crippen molar-refractivity contribution >= 4 is 5.97 Å². The van der Waals surface area contributed by atoms with Gasteiger partial charge >= 0.3 is 5.97 Å². The van der Waals surface area contributed by atoms with E-state index in [-0.39, 0.29) is 18.0 Å². The molecule has 82 valence electrons. The van der Waals surface area contributed by atoms with Crippen molar-refractivity contribution in [2.24, 2.45) is 5.92 Å². The van der Waals surface area contributed by atoms with E-state index in [9.17, 15) is 4.79 Å². The molecule has 0 aromatic rings. The summed E-state index contributed by atoms with van der Waals surface area (Å²) in [5.41, 5.74) is -0.426. The molecule has 14 heavy (non-hydrogen) atoms. The second kappa shape index (κ2) is 4.30. The van der Waals surface area contributed by atoms with Crippen molar-refractivity contribution < 1.29 is 9.53 Å². The van der Waals surface area contributed by atoms with Crippen LogP contribution in [0.15, 0.2) is 0 Å². The molecule has 0 bridgehead atoms. The summed E-state index contributed by atoms with van der Waals surface area (Å²) in [6.07, 6.45) is 1.93. The quantitative estimate of drug-likeness (QED) is 0.703. The van der Waals surface area contributed by atoms with Gasteiger partial charge in [0.15, 0.2) is 0 Å². The van der Waals surface area contributed by atoms with Crippen LogP contribution in [0.3, 0.4) is 0 Å². The predicted molar refractivity (Wildman–Crippen MR) is 56.0 cm³/mol. The second-order valence-corrected chi connectivity index (χ2v) is 4.61. The van der Waals surface area contributed by atoms with E-state index in [0.717, 1.165) is 19.4 Å². The summed E-state index contributed by atoms with van der Waals surface area (Å²) in [5, 5.41) is 3.30. The van der Waals surface area contributed by atoms with E-state index in [1.807, 2.05) is 13.8 Å². The lowest BCUT2D eigenvalue weighted by molar-refractivity contribution is -0.157. The fourth-order valence-electron chi connectivity index (χ4n) is 1.99. The van der Waals surface area contributed by atoms with Gasteiger partial charge in [0.05, 0.1) is 6.10 Å². The highest BCUT2D eigenvalue weighted by atomic mass is 16.5. The van der Waals surface area contributed by atoms with Crippen LogP contribution in [0.25, 0.3) is 0 Å². The number of nitrogens with one attached hydrogen (secondary N) is 1. The highest BCUT2D eigenvalue weighted by Gasteiger charge is 2.45. The minimum Gasteiger partial charge on any atom is -0.462 e. The first-order valence-corrected chi connectivity index (χ1v) is 5.45. The number of hydrogen-bond acceptors (Lipinski definition) is 3. The molecule has 3 nitrogen and oxygen atoms in total. The largest absolute Gasteiger partial charge is 0.462 e. The smallest absolute Gasteiger partial charge is 0.326 e. The van der Waals surface area contributed by atoms with Crippen LogP contribution in [0, 0.1) is 5.92 Å². The Morgan fingerprint density at radius 2 is 2.00 bits per heavy atom. The van der Waals surface area contributed by atoms with Crippen LogP contribution in [0.4, 0.5) is 0 Å². The molecule has 1 aliphatic heterocycles. The Hall–Kier alpha value is -0.570. The molecule has 0 radical (unpaired) electrons. The van der Waals surface area contributed by atoms with Gasteiger partial charge < -0.3 is 10.1 Å². The maximum Gasteiger partial charge on any atom is 0.326 e. The van der Waals surface area contributed by atoms with Crippen molar-refractivity contribution in [3.8, 4) is 0 Å². The van der Waals surface area contributed by atoms with Gasteiger partial charge in [0, 0.05) is 0 Å². The maximum absolute atomic E-state index is 11.9. The van der Waals surface area contributed by atoms with E-state index < -0.39 is 5.54 Å². The van der Waals surface area contributed by atoms with Crippen molar-refractivity contribution in [3.05, 3.63) is 0 Å². The normalized spacial score (nSPS) is 27.3. The van der Waals surface area contributed by atoms with Gasteiger partial charge in [-0.25, -0.2) is 0 Å². The summed E-state index contributed by atoms with van der Waals surface area (Å²) >= 11 is 0. The fraction of sp³-hybridized carbons (Fsp3) is 0.909. The van der Waals surface area contributed by atoms with Crippen LogP contribution < -0.4 is 5.32 Å². The summed E-state index contributed by atoms with van der Waals surface area (Å²) in [4.78, 5) is 11.9. The van der Waals surface area contributed by atoms with E-state index in [0.29, 0.717) is 0 Å². The Morgan fingerprint density at radius 1 is 1.36 bits per heavy atom. The third-order valence-corrected chi connectivity index (χ3v) is 2.88. The molecule has 0 aliphatic carbocycles. The van der Waals surface area contributed by atoms with Crippen LogP contribution in [0.5, 0.6) is 0 Å². The summed E-state index contributed by atoms with van der Waals surface area (Å²) in [7, 11) is 0. The molecule has 1 atom stereocenters. The third-order valence-electron chi connectivity index (χ3n) is 2.88. The van der Waals surface area contributed by atoms with Gasteiger partial charge in [-0.1, -0.05) is 13.8 Å². The predicted octanol–water partition coefficient (Wildman–Crippen LogP) is 1.72. The first-order chi connectivity index (χ1) is 6.49. The summed E-state index contributed by atoms with van der Waals surface area (Å²) < 4.78 is 5.30. The molecule has 0 amide bonds. The minimum absolute atomic E-state index is 0.0273. The zero-order valence-corrected chi connectivity index (χ0v) is 9.59. The van der Waals surface area contributed by atoms with Crippen molar-refractivity contribution in [2.75, 3.05) is 6.54 Å². The SMILES string of the molecule is CC(C)OC(=O)[C@]1(C(C)C)CCCN1. The molecule has 1 fully saturated rings. The molecule has 0 aromatic carbocycles. The van der Waals surface area contributed by atoms with E-state index >= 15 is 0 Å². The average molecular weight is 199 g/mol. The van der Waals surface area contributed by atoms with Gasteiger partial charge in [0.25, 0.3) is 0 Å². The number of ether oxygens (including phenoxy) is 1. The van der Waals surface area contributed by atoms with E-state index in [1.54, 1.807) is 0 Å². The van der Waals surface area contributed by atoms with Crippen LogP contribution >= 0.6 is 0 Å². The lowest BCUT2D eigenvalue weighted by atomic mass is 9.85. The molecule has 0 unspecified atom stereocenters. The molecule has 1 N–H and O–H groups in total. The van der Waals surface area contributed by atoms with Crippen LogP contribution in [-0.2, 0) is 9.53 Å². The molecular weight excluding hydrogens is 178 g/mol. The zero-order valence-electron chi connectivity index (χ0n) is 9.59. The standard InChI is InChI=1S/C11H21NO2/c1-8(2)11(6-5-7-12-11)10(13)14-9(3)4/h8-9,12H,5-7H2,1-4H3/t11-/m1/s1. The zero-order chi connectivity index (χ0) is 10.8. The summed E-state index contributed by atoms with van der Waals surface area (Å²) in [6, 6.07) is 0. The number of hydrogen-bond donors (Lipinski definition) is 1. The number of carbonyl (C=O) groups excluding carboxylic acids is 1. The summed E-state index contributed by atoms with van der Waals surface area (Å²) in [5.74, 6) is 0.205. The molecule has 1 aliphatic rings. The minimum atomic E-state index is -0.426. The van der Waals surface area contributed by atoms with Crippen molar-refractivity contribution in [3.63, 3.8) is 0 Å². The Kier molecular flexibility index (Phi) is 3.53. The number of esters is 1. The maximum atomic E-state index is 11.9. The van der Waals surface area contributed by atoms with Gasteiger partial charge in [-0.05, 0) is 39.2 Å². The lowest BCUT2D eigenvalue weighted by Crippen LogP contribution is -2.53. The molecule has 0 spiro atoms. The van der Waals surface area contributed by atoms with E-state index in [2.05, 4.69) is 19.2 Å². The number of rotatable bonds is 3. The van der Waals surface area contributed by atoms with Crippen molar-refractivity contribution in [1.29, 1.82) is 0 Å². The molecule has 1 saturated heterocycles. The lowest BCUT2D eigenvalue weighted by Gasteiger charge is -2.31. The molecular formula is C11H21NO2. The molecule has 1 rings (SSSR count). The highest BCUT2D eigenvalue weighted by Crippen LogP contribution is 2.29. The first kappa shape index (κ1) is 11.5. The Labute approximate surface area is 86.2 Å². The second-order valence-electron chi connectivity index (χ2n) is 4.61. The first-order valence-electron chi connectivity index (χ1n) is 5.45. The Bertz CT molecular complexity index is 205. The number of carbonyl (C=O) groups is 1. The summed E-state index contributed by atoms with van der Waals surface area (Å²) in [6.45, 7) is 8.84. The van der Waals surface area contributed by atoms with Gasteiger partial charge in [-0.3, -0.25) is 4.79 Å². The Morgan fingerprint density at radius 3 is 2.36 bits per heavy atom. The van der Waals surface area contributed by atoms with Crippen LogP contribution in [0.2, 0.25) is 0 Å². The molecule has 3 heteroatoms. The van der Waals surface area contributed by atoms with E-state index in [4.69, 9.17) is 4.74 Å². The van der Waals surface area contributed by atoms with Crippen LogP contribution in [0.1, 0.15) is 40.5 Å². The molecule has 0 saturated carbocycles. The van der Waals surface area contributed by atoms with Crippen molar-refractivity contribution in [1.82, 2.24) is 5.32 Å². The third kappa shape index (κ3) is 2.08. The monoisotopic (exact) mass is 199 g/mol. The fourth-order valence-corrected chi connectivity index (χ4v) is 1.99. The average Bonchev–Trinajstić information content (AvgIpc) is 2.51. The topological polar surface area (TPSA) is 38.3 Å². The molecule has 0 aromatic heterocycles. The Balaban J connectivity index is 2.72.